The van der Waals surface area contributed by atoms with E-state index in [9.17, 15) is 4.79 Å². The number of hydrogen-bond donors (Lipinski definition) is 1. The molecule has 2 N–H and O–H groups in total. The Labute approximate surface area is 170 Å². The number of hydrogen-bond acceptors (Lipinski definition) is 4. The van der Waals surface area contributed by atoms with E-state index in [0.717, 1.165) is 56.7 Å². The van der Waals surface area contributed by atoms with Gasteiger partial charge in [-0.3, -0.25) is 9.78 Å². The molecule has 2 aliphatic rings. The lowest BCUT2D eigenvalue weighted by Gasteiger charge is -2.49. The Balaban J connectivity index is 1.93. The Bertz CT molecular complexity index is 751. The molecule has 1 fully saturated rings. The zero-order valence-corrected chi connectivity index (χ0v) is 18.2. The number of anilines is 1. The molecular formula is C23H36N4O. The van der Waals surface area contributed by atoms with Crippen LogP contribution < -0.4 is 5.73 Å². The summed E-state index contributed by atoms with van der Waals surface area (Å²) >= 11 is 0. The average Bonchev–Trinajstić information content (AvgIpc) is 2.68. The third-order valence-electron chi connectivity index (χ3n) is 7.07. The molecule has 154 valence electrons. The maximum absolute atomic E-state index is 13.3. The van der Waals surface area contributed by atoms with Crippen molar-refractivity contribution in [2.45, 2.75) is 52.9 Å². The van der Waals surface area contributed by atoms with Crippen LogP contribution in [-0.2, 0) is 4.79 Å². The van der Waals surface area contributed by atoms with Crippen LogP contribution in [0.4, 0.5) is 5.69 Å². The van der Waals surface area contributed by atoms with Gasteiger partial charge in [0.05, 0.1) is 17.8 Å². The molecule has 5 heteroatoms. The Morgan fingerprint density at radius 3 is 2.54 bits per heavy atom. The van der Waals surface area contributed by atoms with E-state index in [0.29, 0.717) is 0 Å². The topological polar surface area (TPSA) is 62.5 Å². The summed E-state index contributed by atoms with van der Waals surface area (Å²) in [7, 11) is 2.12. The number of allylic oxidation sites excluding steroid dienone is 1. The molecule has 1 aliphatic carbocycles. The lowest BCUT2D eigenvalue weighted by atomic mass is 9.56. The minimum atomic E-state index is -0.0609. The van der Waals surface area contributed by atoms with Gasteiger partial charge in [0.2, 0.25) is 5.91 Å². The van der Waals surface area contributed by atoms with Crippen LogP contribution in [0.25, 0.3) is 0 Å². The first-order valence-corrected chi connectivity index (χ1v) is 10.7. The number of carbonyl (C=O) groups excluding carboxylic acids is 1. The third kappa shape index (κ3) is 3.69. The molecule has 2 heterocycles. The Hall–Kier alpha value is -1.88. The fraction of sp³-hybridized carbons (Fsp3) is 0.652. The summed E-state index contributed by atoms with van der Waals surface area (Å²) in [5, 5.41) is 0. The van der Waals surface area contributed by atoms with E-state index in [1.54, 1.807) is 6.20 Å². The summed E-state index contributed by atoms with van der Waals surface area (Å²) in [5.41, 5.74) is 11.1. The summed E-state index contributed by atoms with van der Waals surface area (Å²) in [6.07, 6.45) is 6.68. The van der Waals surface area contributed by atoms with Crippen molar-refractivity contribution >= 4 is 11.6 Å². The van der Waals surface area contributed by atoms with Gasteiger partial charge in [-0.05, 0) is 50.3 Å². The first kappa shape index (κ1) is 20.8. The van der Waals surface area contributed by atoms with E-state index in [2.05, 4.69) is 49.5 Å². The average molecular weight is 385 g/mol. The van der Waals surface area contributed by atoms with Gasteiger partial charge < -0.3 is 15.5 Å². The van der Waals surface area contributed by atoms with Crippen LogP contribution in [0.15, 0.2) is 29.6 Å². The van der Waals surface area contributed by atoms with Gasteiger partial charge in [-0.2, -0.15) is 0 Å². The van der Waals surface area contributed by atoms with Crippen LogP contribution in [-0.4, -0.2) is 53.9 Å². The largest absolute Gasteiger partial charge is 0.397 e. The summed E-state index contributed by atoms with van der Waals surface area (Å²) in [4.78, 5) is 21.8. The predicted octanol–water partition coefficient (Wildman–Crippen LogP) is 3.68. The molecule has 0 saturated carbocycles. The molecule has 28 heavy (non-hydrogen) atoms. The zero-order chi connectivity index (χ0) is 20.5. The maximum Gasteiger partial charge on any atom is 0.229 e. The highest BCUT2D eigenvalue weighted by Crippen LogP contribution is 2.57. The second-order valence-corrected chi connectivity index (χ2v) is 8.85. The van der Waals surface area contributed by atoms with Crippen LogP contribution in [0.3, 0.4) is 0 Å². The van der Waals surface area contributed by atoms with Crippen molar-refractivity contribution in [2.24, 2.45) is 11.3 Å². The first-order valence-electron chi connectivity index (χ1n) is 10.7. The van der Waals surface area contributed by atoms with Crippen LogP contribution in [0, 0.1) is 11.3 Å². The van der Waals surface area contributed by atoms with Crippen molar-refractivity contribution < 1.29 is 4.79 Å². The third-order valence-corrected chi connectivity index (χ3v) is 7.07. The molecular weight excluding hydrogens is 348 g/mol. The fourth-order valence-electron chi connectivity index (χ4n) is 5.13. The van der Waals surface area contributed by atoms with Gasteiger partial charge in [-0.25, -0.2) is 0 Å². The molecule has 0 radical (unpaired) electrons. The molecule has 3 atom stereocenters. The van der Waals surface area contributed by atoms with Gasteiger partial charge in [-0.15, -0.1) is 0 Å². The van der Waals surface area contributed by atoms with Crippen molar-refractivity contribution in [3.8, 4) is 0 Å². The van der Waals surface area contributed by atoms with Gasteiger partial charge in [0.15, 0.2) is 0 Å². The normalized spacial score (nSPS) is 25.4. The van der Waals surface area contributed by atoms with Crippen molar-refractivity contribution in [1.82, 2.24) is 14.8 Å². The molecule has 3 unspecified atom stereocenters. The van der Waals surface area contributed by atoms with E-state index >= 15 is 0 Å². The molecule has 1 amide bonds. The lowest BCUT2D eigenvalue weighted by molar-refractivity contribution is -0.136. The number of carbonyl (C=O) groups is 1. The van der Waals surface area contributed by atoms with Crippen LogP contribution >= 0.6 is 0 Å². The molecule has 1 aliphatic heterocycles. The predicted molar refractivity (Wildman–Crippen MR) is 115 cm³/mol. The monoisotopic (exact) mass is 384 g/mol. The van der Waals surface area contributed by atoms with Crippen LogP contribution in [0.1, 0.15) is 58.4 Å². The number of aromatic nitrogens is 1. The number of nitrogen functional groups attached to an aromatic ring is 1. The molecule has 1 saturated heterocycles. The molecule has 1 aromatic heterocycles. The molecule has 0 aromatic carbocycles. The SMILES string of the molecule is CCC(C1=C(C(C)C(=O)N2CCN(C)CC2)C(C)(CC)C1)c1ccncc1N. The van der Waals surface area contributed by atoms with E-state index < -0.39 is 0 Å². The summed E-state index contributed by atoms with van der Waals surface area (Å²) in [6.45, 7) is 12.5. The highest BCUT2D eigenvalue weighted by Gasteiger charge is 2.46. The quantitative estimate of drug-likeness (QED) is 0.760. The summed E-state index contributed by atoms with van der Waals surface area (Å²) in [6, 6.07) is 2.04. The maximum atomic E-state index is 13.3. The lowest BCUT2D eigenvalue weighted by Crippen LogP contribution is -2.50. The minimum absolute atomic E-state index is 0.0609. The number of piperazine rings is 1. The summed E-state index contributed by atoms with van der Waals surface area (Å²) < 4.78 is 0. The second kappa shape index (κ2) is 8.24. The van der Waals surface area contributed by atoms with Crippen LogP contribution in [0.5, 0.6) is 0 Å². The van der Waals surface area contributed by atoms with Gasteiger partial charge in [0.1, 0.15) is 0 Å². The first-order chi connectivity index (χ1) is 13.3. The van der Waals surface area contributed by atoms with Crippen molar-refractivity contribution in [1.29, 1.82) is 0 Å². The van der Waals surface area contributed by atoms with Crippen LogP contribution in [0.2, 0.25) is 0 Å². The van der Waals surface area contributed by atoms with Gasteiger partial charge in [0, 0.05) is 38.3 Å². The van der Waals surface area contributed by atoms with Gasteiger partial charge in [-0.1, -0.05) is 31.9 Å². The number of rotatable bonds is 6. The minimum Gasteiger partial charge on any atom is -0.397 e. The molecule has 0 spiro atoms. The van der Waals surface area contributed by atoms with E-state index in [1.165, 1.54) is 11.1 Å². The fourth-order valence-corrected chi connectivity index (χ4v) is 5.13. The Morgan fingerprint density at radius 1 is 1.29 bits per heavy atom. The number of likely N-dealkylation sites (N-methyl/N-ethyl adjacent to an activating group) is 1. The molecule has 5 nitrogen and oxygen atoms in total. The highest BCUT2D eigenvalue weighted by molar-refractivity contribution is 5.83. The Morgan fingerprint density at radius 2 is 1.96 bits per heavy atom. The van der Waals surface area contributed by atoms with Crippen molar-refractivity contribution in [2.75, 3.05) is 39.0 Å². The Kier molecular flexibility index (Phi) is 6.13. The van der Waals surface area contributed by atoms with Crippen molar-refractivity contribution in [3.05, 3.63) is 35.2 Å². The molecule has 3 rings (SSSR count). The molecule has 0 bridgehead atoms. The zero-order valence-electron chi connectivity index (χ0n) is 18.2. The highest BCUT2D eigenvalue weighted by atomic mass is 16.2. The van der Waals surface area contributed by atoms with E-state index in [-0.39, 0.29) is 23.2 Å². The number of pyridine rings is 1. The standard InChI is InChI=1S/C23H36N4O/c1-6-17(18-8-9-25-15-20(18)24)19-14-23(4,7-2)21(19)16(3)22(28)27-12-10-26(5)11-13-27/h8-9,15-17H,6-7,10-14,24H2,1-5H3. The van der Waals surface area contributed by atoms with E-state index in [4.69, 9.17) is 5.73 Å². The van der Waals surface area contributed by atoms with Crippen molar-refractivity contribution in [3.63, 3.8) is 0 Å². The van der Waals surface area contributed by atoms with Gasteiger partial charge in [0.25, 0.3) is 0 Å². The smallest absolute Gasteiger partial charge is 0.229 e. The number of nitrogens with zero attached hydrogens (tertiary/aromatic N) is 3. The number of nitrogens with two attached hydrogens (primary N) is 1. The van der Waals surface area contributed by atoms with E-state index in [1.807, 2.05) is 12.3 Å². The summed E-state index contributed by atoms with van der Waals surface area (Å²) in [5.74, 6) is 0.507. The molecule has 1 aromatic rings. The second-order valence-electron chi connectivity index (χ2n) is 8.85. The van der Waals surface area contributed by atoms with Gasteiger partial charge >= 0.3 is 0 Å². The number of amides is 1.